The van der Waals surface area contributed by atoms with Gasteiger partial charge < -0.3 is 4.74 Å². The van der Waals surface area contributed by atoms with Gasteiger partial charge in [-0.1, -0.05) is 84.6 Å². The number of nitriles is 1. The molecule has 0 fully saturated rings. The van der Waals surface area contributed by atoms with Gasteiger partial charge in [-0.2, -0.15) is 5.26 Å². The monoisotopic (exact) mass is 392 g/mol. The van der Waals surface area contributed by atoms with Gasteiger partial charge in [0.05, 0.1) is 25.8 Å². The Morgan fingerprint density at radius 3 is 2.07 bits per heavy atom. The molecule has 0 aromatic heterocycles. The van der Waals surface area contributed by atoms with E-state index in [0.29, 0.717) is 6.42 Å². The van der Waals surface area contributed by atoms with Crippen molar-refractivity contribution >= 4 is 28.6 Å². The van der Waals surface area contributed by atoms with E-state index in [1.54, 1.807) is 7.11 Å². The SMILES string of the molecule is COc1cccc([C@@H](CC#N)NP(=S)(c2ccccc2)c2ccccc2)c1. The average molecular weight is 392 g/mol. The second-order valence-electron chi connectivity index (χ2n) is 6.10. The maximum absolute atomic E-state index is 9.42. The van der Waals surface area contributed by atoms with Gasteiger partial charge in [0.25, 0.3) is 0 Å². The van der Waals surface area contributed by atoms with E-state index >= 15 is 0 Å². The number of benzene rings is 3. The van der Waals surface area contributed by atoms with Crippen LogP contribution < -0.4 is 20.4 Å². The third-order valence-electron chi connectivity index (χ3n) is 4.37. The normalized spacial score (nSPS) is 12.1. The third-order valence-corrected chi connectivity index (χ3v) is 8.68. The van der Waals surface area contributed by atoms with Crippen LogP contribution in [0.4, 0.5) is 0 Å². The van der Waals surface area contributed by atoms with Crippen molar-refractivity contribution in [1.82, 2.24) is 5.09 Å². The molecule has 0 radical (unpaired) electrons. The molecule has 0 aliphatic rings. The maximum atomic E-state index is 9.42. The summed E-state index contributed by atoms with van der Waals surface area (Å²) in [6.45, 7) is 0. The van der Waals surface area contributed by atoms with Crippen LogP contribution in [0.25, 0.3) is 0 Å². The van der Waals surface area contributed by atoms with E-state index in [1.165, 1.54) is 0 Å². The Morgan fingerprint density at radius 2 is 1.56 bits per heavy atom. The minimum atomic E-state index is -2.31. The number of rotatable bonds is 7. The van der Waals surface area contributed by atoms with E-state index in [2.05, 4.69) is 35.4 Å². The zero-order valence-corrected chi connectivity index (χ0v) is 16.8. The molecular weight excluding hydrogens is 371 g/mol. The highest BCUT2D eigenvalue weighted by Gasteiger charge is 2.26. The summed E-state index contributed by atoms with van der Waals surface area (Å²) < 4.78 is 5.35. The van der Waals surface area contributed by atoms with Gasteiger partial charge in [0.15, 0.2) is 0 Å². The lowest BCUT2D eigenvalue weighted by atomic mass is 10.1. The van der Waals surface area contributed by atoms with Gasteiger partial charge in [-0.3, -0.25) is 5.09 Å². The molecule has 0 bridgehead atoms. The Labute approximate surface area is 165 Å². The van der Waals surface area contributed by atoms with Crippen LogP contribution in [0.1, 0.15) is 18.0 Å². The summed E-state index contributed by atoms with van der Waals surface area (Å²) >= 11 is 6.25. The maximum Gasteiger partial charge on any atom is 0.119 e. The molecule has 3 nitrogen and oxygen atoms in total. The Kier molecular flexibility index (Phi) is 6.42. The first-order valence-corrected chi connectivity index (χ1v) is 11.5. The summed E-state index contributed by atoms with van der Waals surface area (Å²) in [6, 6.07) is 30.2. The van der Waals surface area contributed by atoms with Crippen LogP contribution in [0.3, 0.4) is 0 Å². The van der Waals surface area contributed by atoms with Gasteiger partial charge >= 0.3 is 0 Å². The molecule has 0 saturated heterocycles. The number of methoxy groups -OCH3 is 1. The molecule has 3 aromatic carbocycles. The predicted molar refractivity (Wildman–Crippen MR) is 116 cm³/mol. The van der Waals surface area contributed by atoms with Crippen molar-refractivity contribution < 1.29 is 4.74 Å². The van der Waals surface area contributed by atoms with Crippen LogP contribution in [0.15, 0.2) is 84.9 Å². The Bertz CT molecular complexity index is 927. The van der Waals surface area contributed by atoms with Crippen LogP contribution in [0, 0.1) is 11.3 Å². The molecule has 0 amide bonds. The fourth-order valence-corrected chi connectivity index (χ4v) is 6.55. The van der Waals surface area contributed by atoms with Crippen molar-refractivity contribution in [3.8, 4) is 11.8 Å². The molecule has 3 rings (SSSR count). The molecule has 0 unspecified atom stereocenters. The lowest BCUT2D eigenvalue weighted by Gasteiger charge is -2.29. The Morgan fingerprint density at radius 1 is 0.963 bits per heavy atom. The standard InChI is InChI=1S/C22H21N2OPS/c1-25-19-10-8-9-18(17-19)22(15-16-23)24-26(27,20-11-4-2-5-12-20)21-13-6-3-7-14-21/h2-14,17,22H,15H2,1H3,(H,24,27)/t22-/m1/s1. The number of nitrogens with one attached hydrogen (secondary N) is 1. The number of hydrogen-bond donors (Lipinski definition) is 1. The second-order valence-corrected chi connectivity index (χ2v) is 10.3. The molecule has 1 N–H and O–H groups in total. The zero-order valence-electron chi connectivity index (χ0n) is 15.1. The van der Waals surface area contributed by atoms with Gasteiger partial charge in [0, 0.05) is 16.7 Å². The van der Waals surface area contributed by atoms with Crippen molar-refractivity contribution in [2.24, 2.45) is 0 Å². The molecule has 27 heavy (non-hydrogen) atoms. The van der Waals surface area contributed by atoms with Crippen LogP contribution in [-0.2, 0) is 11.8 Å². The number of hydrogen-bond acceptors (Lipinski definition) is 3. The zero-order chi connectivity index (χ0) is 19.1. The van der Waals surface area contributed by atoms with Crippen molar-refractivity contribution in [3.63, 3.8) is 0 Å². The second kappa shape index (κ2) is 8.97. The van der Waals surface area contributed by atoms with Gasteiger partial charge in [-0.05, 0) is 17.7 Å². The lowest BCUT2D eigenvalue weighted by molar-refractivity contribution is 0.413. The van der Waals surface area contributed by atoms with E-state index in [4.69, 9.17) is 16.5 Å². The fraction of sp³-hybridized carbons (Fsp3) is 0.136. The van der Waals surface area contributed by atoms with Crippen LogP contribution >= 0.6 is 6.19 Å². The lowest BCUT2D eigenvalue weighted by Crippen LogP contribution is -2.30. The highest BCUT2D eigenvalue weighted by atomic mass is 32.4. The van der Waals surface area contributed by atoms with Crippen molar-refractivity contribution in [2.45, 2.75) is 12.5 Å². The Balaban J connectivity index is 2.06. The summed E-state index contributed by atoms with van der Waals surface area (Å²) in [5.74, 6) is 0.768. The Hall–Kier alpha value is -2.44. The highest BCUT2D eigenvalue weighted by molar-refractivity contribution is 8.20. The number of ether oxygens (including phenoxy) is 1. The molecule has 136 valence electrons. The highest BCUT2D eigenvalue weighted by Crippen LogP contribution is 2.43. The van der Waals surface area contributed by atoms with E-state index in [-0.39, 0.29) is 6.04 Å². The molecule has 0 heterocycles. The molecule has 5 heteroatoms. The van der Waals surface area contributed by atoms with Crippen molar-refractivity contribution in [3.05, 3.63) is 90.5 Å². The van der Waals surface area contributed by atoms with E-state index in [0.717, 1.165) is 21.9 Å². The van der Waals surface area contributed by atoms with Crippen LogP contribution in [0.2, 0.25) is 0 Å². The van der Waals surface area contributed by atoms with Crippen LogP contribution in [0.5, 0.6) is 5.75 Å². The summed E-state index contributed by atoms with van der Waals surface area (Å²) in [5.41, 5.74) is 0.997. The van der Waals surface area contributed by atoms with E-state index in [9.17, 15) is 5.26 Å². The first-order valence-electron chi connectivity index (χ1n) is 8.67. The van der Waals surface area contributed by atoms with Crippen molar-refractivity contribution in [2.75, 3.05) is 7.11 Å². The summed E-state index contributed by atoms with van der Waals surface area (Å²) in [5, 5.41) is 15.3. The molecule has 0 aliphatic heterocycles. The summed E-state index contributed by atoms with van der Waals surface area (Å²) in [6.07, 6.45) is -1.98. The molecular formula is C22H21N2OPS. The van der Waals surface area contributed by atoms with Gasteiger partial charge in [-0.25, -0.2) is 0 Å². The van der Waals surface area contributed by atoms with Gasteiger partial charge in [-0.15, -0.1) is 0 Å². The third kappa shape index (κ3) is 4.46. The van der Waals surface area contributed by atoms with E-state index in [1.807, 2.05) is 60.7 Å². The minimum absolute atomic E-state index is 0.184. The fourth-order valence-electron chi connectivity index (χ4n) is 2.98. The first kappa shape index (κ1) is 19.3. The van der Waals surface area contributed by atoms with Gasteiger partial charge in [0.1, 0.15) is 5.75 Å². The van der Waals surface area contributed by atoms with Crippen molar-refractivity contribution in [1.29, 1.82) is 5.26 Å². The smallest absolute Gasteiger partial charge is 0.119 e. The molecule has 1 atom stereocenters. The van der Waals surface area contributed by atoms with E-state index < -0.39 is 6.19 Å². The molecule has 3 aromatic rings. The quantitative estimate of drug-likeness (QED) is 0.610. The predicted octanol–water partition coefficient (Wildman–Crippen LogP) is 4.29. The van der Waals surface area contributed by atoms with Crippen LogP contribution in [-0.4, -0.2) is 7.11 Å². The first-order chi connectivity index (χ1) is 13.2. The topological polar surface area (TPSA) is 45.0 Å². The van der Waals surface area contributed by atoms with Gasteiger partial charge in [0.2, 0.25) is 0 Å². The minimum Gasteiger partial charge on any atom is -0.497 e. The summed E-state index contributed by atoms with van der Waals surface area (Å²) in [4.78, 5) is 0. The average Bonchev–Trinajstić information content (AvgIpc) is 2.74. The molecule has 0 aliphatic carbocycles. The summed E-state index contributed by atoms with van der Waals surface area (Å²) in [7, 11) is 1.64. The number of nitrogens with zero attached hydrogens (tertiary/aromatic N) is 1. The molecule has 0 spiro atoms. The molecule has 0 saturated carbocycles. The largest absolute Gasteiger partial charge is 0.497 e.